The van der Waals surface area contributed by atoms with Crippen LogP contribution < -0.4 is 10.6 Å². The molecule has 2 N–H and O–H groups in total. The quantitative estimate of drug-likeness (QED) is 0.744. The third-order valence-electron chi connectivity index (χ3n) is 2.29. The molecule has 1 rings (SSSR count). The maximum absolute atomic E-state index is 5.09. The second-order valence-corrected chi connectivity index (χ2v) is 4.69. The molecule has 0 atom stereocenters. The predicted molar refractivity (Wildman–Crippen MR) is 74.9 cm³/mol. The van der Waals surface area contributed by atoms with Gasteiger partial charge in [0.05, 0.1) is 0 Å². The average molecular weight is 252 g/mol. The molecule has 0 bridgehead atoms. The van der Waals surface area contributed by atoms with Gasteiger partial charge in [-0.1, -0.05) is 20.8 Å². The van der Waals surface area contributed by atoms with Gasteiger partial charge in [-0.25, -0.2) is 9.97 Å². The second-order valence-electron chi connectivity index (χ2n) is 4.69. The highest BCUT2D eigenvalue weighted by Crippen LogP contribution is 2.12. The van der Waals surface area contributed by atoms with Crippen molar-refractivity contribution in [3.05, 3.63) is 11.9 Å². The Balaban J connectivity index is 2.76. The molecule has 0 unspecified atom stereocenters. The molecule has 0 aromatic carbocycles. The van der Waals surface area contributed by atoms with E-state index >= 15 is 0 Å². The van der Waals surface area contributed by atoms with Crippen LogP contribution in [-0.2, 0) is 11.3 Å². The van der Waals surface area contributed by atoms with Crippen molar-refractivity contribution in [2.75, 3.05) is 30.8 Å². The normalized spacial score (nSPS) is 10.7. The van der Waals surface area contributed by atoms with Crippen molar-refractivity contribution < 1.29 is 4.74 Å². The molecule has 5 heteroatoms. The Kier molecular flexibility index (Phi) is 6.43. The number of aromatic nitrogens is 2. The topological polar surface area (TPSA) is 59.1 Å². The molecule has 0 saturated heterocycles. The third-order valence-corrected chi connectivity index (χ3v) is 2.29. The van der Waals surface area contributed by atoms with Gasteiger partial charge in [-0.2, -0.15) is 0 Å². The molecule has 0 fully saturated rings. The molecule has 0 aliphatic carbocycles. The monoisotopic (exact) mass is 252 g/mol. The number of nitrogens with zero attached hydrogens (tertiary/aromatic N) is 2. The van der Waals surface area contributed by atoms with E-state index in [0.29, 0.717) is 18.3 Å². The van der Waals surface area contributed by atoms with Gasteiger partial charge in [0.15, 0.2) is 5.82 Å². The first-order valence-corrected chi connectivity index (χ1v) is 6.50. The van der Waals surface area contributed by atoms with Crippen LogP contribution in [0, 0.1) is 5.92 Å². The van der Waals surface area contributed by atoms with E-state index in [2.05, 4.69) is 41.4 Å². The van der Waals surface area contributed by atoms with E-state index in [4.69, 9.17) is 4.74 Å². The van der Waals surface area contributed by atoms with Crippen LogP contribution in [0.3, 0.4) is 0 Å². The minimum Gasteiger partial charge on any atom is -0.377 e. The zero-order valence-corrected chi connectivity index (χ0v) is 11.8. The van der Waals surface area contributed by atoms with Crippen LogP contribution in [0.15, 0.2) is 6.07 Å². The fourth-order valence-electron chi connectivity index (χ4n) is 1.43. The molecule has 1 heterocycles. The van der Waals surface area contributed by atoms with Crippen molar-refractivity contribution in [1.29, 1.82) is 0 Å². The Morgan fingerprint density at radius 1 is 1.22 bits per heavy atom. The molecule has 0 radical (unpaired) electrons. The fourth-order valence-corrected chi connectivity index (χ4v) is 1.43. The molecule has 0 aliphatic heterocycles. The summed E-state index contributed by atoms with van der Waals surface area (Å²) in [6.07, 6.45) is 1.07. The van der Waals surface area contributed by atoms with E-state index in [9.17, 15) is 0 Å². The fraction of sp³-hybridized carbons (Fsp3) is 0.692. The standard InChI is InChI=1S/C13H24N4O/c1-5-6-14-11-7-12(15-8-10(2)3)17-13(16-11)9-18-4/h7,10H,5-6,8-9H2,1-4H3,(H2,14,15,16,17). The summed E-state index contributed by atoms with van der Waals surface area (Å²) in [5.74, 6) is 2.98. The Morgan fingerprint density at radius 3 is 2.44 bits per heavy atom. The van der Waals surface area contributed by atoms with Gasteiger partial charge in [0, 0.05) is 26.3 Å². The van der Waals surface area contributed by atoms with Crippen LogP contribution in [0.2, 0.25) is 0 Å². The number of hydrogen-bond acceptors (Lipinski definition) is 5. The van der Waals surface area contributed by atoms with Crippen molar-refractivity contribution >= 4 is 11.6 Å². The van der Waals surface area contributed by atoms with E-state index in [-0.39, 0.29) is 0 Å². The summed E-state index contributed by atoms with van der Waals surface area (Å²) in [4.78, 5) is 8.82. The lowest BCUT2D eigenvalue weighted by Crippen LogP contribution is -2.12. The van der Waals surface area contributed by atoms with Gasteiger partial charge >= 0.3 is 0 Å². The van der Waals surface area contributed by atoms with Crippen molar-refractivity contribution in [3.63, 3.8) is 0 Å². The lowest BCUT2D eigenvalue weighted by atomic mass is 10.2. The SMILES string of the molecule is CCCNc1cc(NCC(C)C)nc(COC)n1. The summed E-state index contributed by atoms with van der Waals surface area (Å²) in [6, 6.07) is 1.94. The second kappa shape index (κ2) is 7.87. The van der Waals surface area contributed by atoms with Crippen molar-refractivity contribution in [1.82, 2.24) is 9.97 Å². The molecule has 0 aliphatic rings. The van der Waals surface area contributed by atoms with Crippen LogP contribution in [0.4, 0.5) is 11.6 Å². The first-order valence-electron chi connectivity index (χ1n) is 6.50. The molecule has 18 heavy (non-hydrogen) atoms. The maximum Gasteiger partial charge on any atom is 0.158 e. The smallest absolute Gasteiger partial charge is 0.158 e. The highest BCUT2D eigenvalue weighted by molar-refractivity contribution is 5.47. The number of rotatable bonds is 8. The molecule has 0 spiro atoms. The van der Waals surface area contributed by atoms with E-state index in [1.807, 2.05) is 6.07 Å². The Hall–Kier alpha value is -1.36. The predicted octanol–water partition coefficient (Wildman–Crippen LogP) is 2.51. The summed E-state index contributed by atoms with van der Waals surface area (Å²) >= 11 is 0. The number of nitrogens with one attached hydrogen (secondary N) is 2. The molecule has 102 valence electrons. The van der Waals surface area contributed by atoms with Crippen LogP contribution in [0.1, 0.15) is 33.0 Å². The van der Waals surface area contributed by atoms with Crippen molar-refractivity contribution in [3.8, 4) is 0 Å². The number of methoxy groups -OCH3 is 1. The maximum atomic E-state index is 5.09. The van der Waals surface area contributed by atoms with Crippen LogP contribution in [0.5, 0.6) is 0 Å². The van der Waals surface area contributed by atoms with Crippen LogP contribution in [-0.4, -0.2) is 30.2 Å². The molecule has 0 saturated carbocycles. The molecular formula is C13H24N4O. The molecule has 0 amide bonds. The van der Waals surface area contributed by atoms with Crippen molar-refractivity contribution in [2.24, 2.45) is 5.92 Å². The highest BCUT2D eigenvalue weighted by atomic mass is 16.5. The lowest BCUT2D eigenvalue weighted by Gasteiger charge is -2.12. The van der Waals surface area contributed by atoms with Gasteiger partial charge < -0.3 is 15.4 Å². The number of anilines is 2. The summed E-state index contributed by atoms with van der Waals surface area (Å²) in [7, 11) is 1.65. The lowest BCUT2D eigenvalue weighted by molar-refractivity contribution is 0.178. The Labute approximate surface area is 109 Å². The first-order chi connectivity index (χ1) is 8.65. The van der Waals surface area contributed by atoms with Gasteiger partial charge in [-0.3, -0.25) is 0 Å². The summed E-state index contributed by atoms with van der Waals surface area (Å²) in [6.45, 7) is 8.70. The van der Waals surface area contributed by atoms with Gasteiger partial charge in [-0.15, -0.1) is 0 Å². The van der Waals surface area contributed by atoms with Gasteiger partial charge in [-0.05, 0) is 12.3 Å². The third kappa shape index (κ3) is 5.31. The number of ether oxygens (including phenoxy) is 1. The molecule has 1 aromatic heterocycles. The van der Waals surface area contributed by atoms with E-state index in [1.54, 1.807) is 7.11 Å². The number of hydrogen-bond donors (Lipinski definition) is 2. The highest BCUT2D eigenvalue weighted by Gasteiger charge is 2.04. The van der Waals surface area contributed by atoms with Gasteiger partial charge in [0.2, 0.25) is 0 Å². The van der Waals surface area contributed by atoms with E-state index in [1.165, 1.54) is 0 Å². The van der Waals surface area contributed by atoms with Crippen LogP contribution in [0.25, 0.3) is 0 Å². The van der Waals surface area contributed by atoms with Crippen LogP contribution >= 0.6 is 0 Å². The average Bonchev–Trinajstić information content (AvgIpc) is 2.34. The van der Waals surface area contributed by atoms with Crippen molar-refractivity contribution in [2.45, 2.75) is 33.8 Å². The summed E-state index contributed by atoms with van der Waals surface area (Å²) in [5.41, 5.74) is 0. The summed E-state index contributed by atoms with van der Waals surface area (Å²) < 4.78 is 5.09. The summed E-state index contributed by atoms with van der Waals surface area (Å²) in [5, 5.41) is 6.59. The largest absolute Gasteiger partial charge is 0.377 e. The first kappa shape index (κ1) is 14.7. The Morgan fingerprint density at radius 2 is 1.89 bits per heavy atom. The minimum absolute atomic E-state index is 0.429. The van der Waals surface area contributed by atoms with E-state index < -0.39 is 0 Å². The minimum atomic E-state index is 0.429. The van der Waals surface area contributed by atoms with E-state index in [0.717, 1.165) is 31.1 Å². The molecular weight excluding hydrogens is 228 g/mol. The van der Waals surface area contributed by atoms with Gasteiger partial charge in [0.1, 0.15) is 18.2 Å². The molecule has 1 aromatic rings. The zero-order chi connectivity index (χ0) is 13.4. The Bertz CT molecular complexity index is 355. The zero-order valence-electron chi connectivity index (χ0n) is 11.8. The van der Waals surface area contributed by atoms with Gasteiger partial charge in [0.25, 0.3) is 0 Å². The molecule has 5 nitrogen and oxygen atoms in total.